The summed E-state index contributed by atoms with van der Waals surface area (Å²) in [5.74, 6) is 0.406. The zero-order valence-corrected chi connectivity index (χ0v) is 17.1. The summed E-state index contributed by atoms with van der Waals surface area (Å²) in [6, 6.07) is 9.98. The average molecular weight is 398 g/mol. The van der Waals surface area contributed by atoms with Crippen molar-refractivity contribution in [2.24, 2.45) is 17.6 Å². The van der Waals surface area contributed by atoms with Gasteiger partial charge in [0, 0.05) is 23.9 Å². The second-order valence-electron chi connectivity index (χ2n) is 8.04. The lowest BCUT2D eigenvalue weighted by molar-refractivity contribution is -0.122. The van der Waals surface area contributed by atoms with Crippen LogP contribution in [0.4, 0.5) is 11.4 Å². The van der Waals surface area contributed by atoms with Gasteiger partial charge in [-0.3, -0.25) is 9.59 Å². The van der Waals surface area contributed by atoms with Crippen LogP contribution in [0, 0.1) is 11.8 Å². The van der Waals surface area contributed by atoms with Crippen molar-refractivity contribution < 1.29 is 9.59 Å². The maximum absolute atomic E-state index is 12.9. The van der Waals surface area contributed by atoms with E-state index in [9.17, 15) is 9.59 Å². The average Bonchev–Trinajstić information content (AvgIpc) is 3.12. The molecule has 2 aliphatic rings. The lowest BCUT2D eigenvalue weighted by Crippen LogP contribution is -2.38. The monoisotopic (exact) mass is 397 g/mol. The second-order valence-corrected chi connectivity index (χ2v) is 9.18. The molecule has 3 N–H and O–H groups in total. The van der Waals surface area contributed by atoms with E-state index in [0.717, 1.165) is 55.0 Å². The Hall–Kier alpha value is -2.34. The van der Waals surface area contributed by atoms with Gasteiger partial charge in [0.15, 0.2) is 0 Å². The number of nitrogens with one attached hydrogen (secondary N) is 1. The minimum absolute atomic E-state index is 0.0356. The van der Waals surface area contributed by atoms with E-state index in [1.807, 2.05) is 24.3 Å². The summed E-state index contributed by atoms with van der Waals surface area (Å²) in [7, 11) is 0. The van der Waals surface area contributed by atoms with Crippen LogP contribution < -0.4 is 16.0 Å². The predicted octanol–water partition coefficient (Wildman–Crippen LogP) is 3.83. The number of amides is 2. The van der Waals surface area contributed by atoms with Crippen LogP contribution in [0.1, 0.15) is 46.3 Å². The third kappa shape index (κ3) is 3.92. The number of primary amides is 1. The van der Waals surface area contributed by atoms with E-state index in [1.165, 1.54) is 16.9 Å². The molecule has 28 heavy (non-hydrogen) atoms. The number of carbonyl (C=O) groups is 2. The van der Waals surface area contributed by atoms with Crippen LogP contribution >= 0.6 is 11.3 Å². The van der Waals surface area contributed by atoms with Crippen molar-refractivity contribution in [1.82, 2.24) is 0 Å². The normalized spacial score (nSPS) is 19.9. The summed E-state index contributed by atoms with van der Waals surface area (Å²) in [6.45, 7) is 3.81. The highest BCUT2D eigenvalue weighted by molar-refractivity contribution is 7.14. The van der Waals surface area contributed by atoms with Gasteiger partial charge in [-0.1, -0.05) is 19.1 Å². The minimum Gasteiger partial charge on any atom is -0.370 e. The van der Waals surface area contributed by atoms with Gasteiger partial charge in [-0.15, -0.1) is 11.3 Å². The first-order chi connectivity index (χ1) is 13.5. The van der Waals surface area contributed by atoms with Crippen LogP contribution in [0.3, 0.4) is 0 Å². The molecule has 1 fully saturated rings. The zero-order valence-electron chi connectivity index (χ0n) is 16.2. The number of para-hydroxylation sites is 2. The molecule has 1 aromatic heterocycles. The van der Waals surface area contributed by atoms with Gasteiger partial charge in [0.05, 0.1) is 16.3 Å². The van der Waals surface area contributed by atoms with Crippen molar-refractivity contribution in [2.75, 3.05) is 23.3 Å². The number of hydrogen-bond donors (Lipinski definition) is 2. The minimum atomic E-state index is -0.211. The fourth-order valence-electron chi connectivity index (χ4n) is 4.26. The molecule has 0 bridgehead atoms. The summed E-state index contributed by atoms with van der Waals surface area (Å²) < 4.78 is 0. The van der Waals surface area contributed by atoms with Crippen molar-refractivity contribution in [1.29, 1.82) is 0 Å². The second kappa shape index (κ2) is 7.95. The topological polar surface area (TPSA) is 75.4 Å². The number of nitrogens with two attached hydrogens (primary N) is 1. The van der Waals surface area contributed by atoms with Gasteiger partial charge in [-0.05, 0) is 61.8 Å². The van der Waals surface area contributed by atoms with E-state index in [-0.39, 0.29) is 17.7 Å². The highest BCUT2D eigenvalue weighted by Crippen LogP contribution is 2.34. The van der Waals surface area contributed by atoms with Crippen LogP contribution in [0.25, 0.3) is 0 Å². The molecule has 1 unspecified atom stereocenters. The van der Waals surface area contributed by atoms with Gasteiger partial charge in [0.2, 0.25) is 5.91 Å². The number of thiophene rings is 1. The Bertz CT molecular complexity index is 884. The number of piperidine rings is 1. The number of benzene rings is 1. The van der Waals surface area contributed by atoms with Crippen molar-refractivity contribution in [3.8, 4) is 0 Å². The number of anilines is 2. The van der Waals surface area contributed by atoms with E-state index in [1.54, 1.807) is 11.3 Å². The third-order valence-electron chi connectivity index (χ3n) is 5.94. The van der Waals surface area contributed by atoms with Crippen LogP contribution in [0.5, 0.6) is 0 Å². The van der Waals surface area contributed by atoms with Crippen molar-refractivity contribution in [3.05, 3.63) is 45.6 Å². The van der Waals surface area contributed by atoms with E-state index in [4.69, 9.17) is 5.73 Å². The molecule has 0 radical (unpaired) electrons. The summed E-state index contributed by atoms with van der Waals surface area (Å²) in [6.07, 6.45) is 4.88. The number of carbonyl (C=O) groups excluding carboxylic acids is 2. The van der Waals surface area contributed by atoms with Crippen LogP contribution in [-0.4, -0.2) is 24.9 Å². The molecule has 1 aromatic carbocycles. The molecule has 0 spiro atoms. The first kappa shape index (κ1) is 19.0. The van der Waals surface area contributed by atoms with Gasteiger partial charge in [-0.2, -0.15) is 0 Å². The molecule has 4 rings (SSSR count). The fraction of sp³-hybridized carbons (Fsp3) is 0.455. The number of hydrogen-bond acceptors (Lipinski definition) is 4. The molecule has 5 nitrogen and oxygen atoms in total. The maximum atomic E-state index is 12.9. The molecule has 2 amide bonds. The maximum Gasteiger partial charge on any atom is 0.265 e. The van der Waals surface area contributed by atoms with E-state index in [0.29, 0.717) is 5.92 Å². The van der Waals surface area contributed by atoms with Crippen LogP contribution in [0.2, 0.25) is 0 Å². The Kier molecular flexibility index (Phi) is 5.40. The number of fused-ring (bicyclic) bond motifs is 1. The summed E-state index contributed by atoms with van der Waals surface area (Å²) in [4.78, 5) is 28.7. The highest BCUT2D eigenvalue weighted by Gasteiger charge is 2.25. The lowest BCUT2D eigenvalue weighted by Gasteiger charge is -2.33. The number of aryl methyl sites for hydroxylation is 1. The van der Waals surface area contributed by atoms with Gasteiger partial charge >= 0.3 is 0 Å². The molecular formula is C22H27N3O2S. The summed E-state index contributed by atoms with van der Waals surface area (Å²) in [5.41, 5.74) is 8.62. The summed E-state index contributed by atoms with van der Waals surface area (Å²) in [5, 5.41) is 3.12. The molecule has 2 heterocycles. The quantitative estimate of drug-likeness (QED) is 0.823. The number of rotatable bonds is 4. The first-order valence-corrected chi connectivity index (χ1v) is 10.9. The number of nitrogens with zero attached hydrogens (tertiary/aromatic N) is 1. The van der Waals surface area contributed by atoms with E-state index in [2.05, 4.69) is 23.2 Å². The zero-order chi connectivity index (χ0) is 19.7. The molecule has 6 heteroatoms. The smallest absolute Gasteiger partial charge is 0.265 e. The van der Waals surface area contributed by atoms with Gasteiger partial charge < -0.3 is 16.0 Å². The van der Waals surface area contributed by atoms with Gasteiger partial charge in [0.25, 0.3) is 5.91 Å². The van der Waals surface area contributed by atoms with E-state index < -0.39 is 0 Å². The summed E-state index contributed by atoms with van der Waals surface area (Å²) >= 11 is 1.63. The Morgan fingerprint density at radius 3 is 2.68 bits per heavy atom. The largest absolute Gasteiger partial charge is 0.370 e. The Balaban J connectivity index is 1.48. The standard InChI is InChI=1S/C22H27N3O2S/c1-14-6-7-19-16(12-14)13-20(28-19)22(27)24-17-4-2-3-5-18(17)25-10-8-15(9-11-25)21(23)26/h2-5,13-15H,6-12H2,1H3,(H2,23,26)(H,24,27). The first-order valence-electron chi connectivity index (χ1n) is 10.1. The highest BCUT2D eigenvalue weighted by atomic mass is 32.1. The molecule has 0 saturated carbocycles. The lowest BCUT2D eigenvalue weighted by atomic mass is 9.90. The molecule has 2 aromatic rings. The van der Waals surface area contributed by atoms with Crippen molar-refractivity contribution in [3.63, 3.8) is 0 Å². The SMILES string of the molecule is CC1CCc2sc(C(=O)Nc3ccccc3N3CCC(C(N)=O)CC3)cc2C1. The molecule has 1 atom stereocenters. The van der Waals surface area contributed by atoms with Gasteiger partial charge in [0.1, 0.15) is 0 Å². The van der Waals surface area contributed by atoms with Crippen LogP contribution in [0.15, 0.2) is 30.3 Å². The molecule has 1 aliphatic carbocycles. The van der Waals surface area contributed by atoms with Crippen molar-refractivity contribution in [2.45, 2.75) is 39.0 Å². The fourth-order valence-corrected chi connectivity index (χ4v) is 5.37. The predicted molar refractivity (Wildman–Crippen MR) is 114 cm³/mol. The Morgan fingerprint density at radius 2 is 1.93 bits per heavy atom. The Labute approximate surface area is 169 Å². The van der Waals surface area contributed by atoms with Crippen molar-refractivity contribution >= 4 is 34.5 Å². The molecule has 1 aliphatic heterocycles. The molecule has 1 saturated heterocycles. The van der Waals surface area contributed by atoms with E-state index >= 15 is 0 Å². The van der Waals surface area contributed by atoms with Crippen LogP contribution in [-0.2, 0) is 17.6 Å². The third-order valence-corrected chi connectivity index (χ3v) is 7.18. The van der Waals surface area contributed by atoms with Gasteiger partial charge in [-0.25, -0.2) is 0 Å². The molecule has 148 valence electrons. The Morgan fingerprint density at radius 1 is 1.18 bits per heavy atom. The molecular weight excluding hydrogens is 370 g/mol.